The van der Waals surface area contributed by atoms with Crippen LogP contribution < -0.4 is 16.8 Å². The van der Waals surface area contributed by atoms with Crippen LogP contribution in [0.3, 0.4) is 0 Å². The van der Waals surface area contributed by atoms with Crippen molar-refractivity contribution in [2.75, 3.05) is 5.73 Å². The summed E-state index contributed by atoms with van der Waals surface area (Å²) in [6, 6.07) is 1.47. The third-order valence-corrected chi connectivity index (χ3v) is 3.01. The van der Waals surface area contributed by atoms with Gasteiger partial charge in [-0.25, -0.2) is 9.59 Å². The molecule has 0 aliphatic carbocycles. The quantitative estimate of drug-likeness (QED) is 0.572. The molecule has 0 bridgehead atoms. The number of benzene rings is 1. The number of ether oxygens (including phenoxy) is 1. The Labute approximate surface area is 124 Å². The van der Waals surface area contributed by atoms with Crippen LogP contribution in [-0.2, 0) is 9.53 Å². The summed E-state index contributed by atoms with van der Waals surface area (Å²) in [5.74, 6) is -1.69. The highest BCUT2D eigenvalue weighted by Crippen LogP contribution is 2.29. The monoisotopic (exact) mass is 319 g/mol. The molecule has 1 aromatic rings. The number of imide groups is 1. The lowest BCUT2D eigenvalue weighted by molar-refractivity contribution is -0.127. The summed E-state index contributed by atoms with van der Waals surface area (Å²) in [4.78, 5) is 33.6. The molecule has 0 fully saturated rings. The predicted octanol–water partition coefficient (Wildman–Crippen LogP) is 1.32. The molecule has 0 saturated heterocycles. The zero-order chi connectivity index (χ0) is 15.4. The van der Waals surface area contributed by atoms with Crippen molar-refractivity contribution in [2.24, 2.45) is 5.73 Å². The van der Waals surface area contributed by atoms with Gasteiger partial charge in [0.1, 0.15) is 0 Å². The molecule has 0 radical (unpaired) electrons. The number of halogens is 2. The molecule has 1 aromatic carbocycles. The SMILES string of the molecule is CC(OC(=O)c1cc(N)c(Cl)c(Cl)c1)C(=O)NC(N)=O. The van der Waals surface area contributed by atoms with Crippen molar-refractivity contribution in [3.63, 3.8) is 0 Å². The van der Waals surface area contributed by atoms with E-state index in [-0.39, 0.29) is 21.3 Å². The van der Waals surface area contributed by atoms with Gasteiger partial charge in [0.25, 0.3) is 5.91 Å². The summed E-state index contributed by atoms with van der Waals surface area (Å²) < 4.78 is 4.83. The number of carbonyl (C=O) groups excluding carboxylic acids is 3. The van der Waals surface area contributed by atoms with Gasteiger partial charge in [0.2, 0.25) is 0 Å². The Balaban J connectivity index is 2.81. The van der Waals surface area contributed by atoms with E-state index >= 15 is 0 Å². The van der Waals surface area contributed by atoms with Crippen molar-refractivity contribution < 1.29 is 19.1 Å². The summed E-state index contributed by atoms with van der Waals surface area (Å²) in [6.45, 7) is 1.27. The van der Waals surface area contributed by atoms with Gasteiger partial charge in [-0.3, -0.25) is 10.1 Å². The highest BCUT2D eigenvalue weighted by atomic mass is 35.5. The Hall–Kier alpha value is -1.99. The van der Waals surface area contributed by atoms with E-state index in [0.29, 0.717) is 0 Å². The van der Waals surface area contributed by atoms with Crippen molar-refractivity contribution in [1.29, 1.82) is 0 Å². The molecule has 0 aliphatic heterocycles. The minimum atomic E-state index is -1.22. The first-order chi connectivity index (χ1) is 9.22. The number of primary amides is 1. The van der Waals surface area contributed by atoms with E-state index in [1.807, 2.05) is 0 Å². The number of nitrogens with one attached hydrogen (secondary N) is 1. The second-order valence-corrected chi connectivity index (χ2v) is 4.55. The lowest BCUT2D eigenvalue weighted by atomic mass is 10.2. The summed E-state index contributed by atoms with van der Waals surface area (Å²) >= 11 is 11.5. The van der Waals surface area contributed by atoms with Crippen LogP contribution in [0, 0.1) is 0 Å². The van der Waals surface area contributed by atoms with Crippen LogP contribution in [0.5, 0.6) is 0 Å². The van der Waals surface area contributed by atoms with Crippen molar-refractivity contribution in [2.45, 2.75) is 13.0 Å². The Bertz CT molecular complexity index is 554. The van der Waals surface area contributed by atoms with Crippen molar-refractivity contribution in [3.05, 3.63) is 27.7 Å². The zero-order valence-corrected chi connectivity index (χ0v) is 11.8. The number of esters is 1. The Kier molecular flexibility index (Phi) is 5.18. The molecule has 0 saturated carbocycles. The highest BCUT2D eigenvalue weighted by molar-refractivity contribution is 6.43. The minimum Gasteiger partial charge on any atom is -0.449 e. The van der Waals surface area contributed by atoms with Crippen LogP contribution >= 0.6 is 23.2 Å². The van der Waals surface area contributed by atoms with Crippen LogP contribution in [0.2, 0.25) is 10.0 Å². The normalized spacial score (nSPS) is 11.6. The fraction of sp³-hybridized carbons (Fsp3) is 0.182. The highest BCUT2D eigenvalue weighted by Gasteiger charge is 2.21. The molecule has 7 nitrogen and oxygen atoms in total. The number of nitrogen functional groups attached to an aromatic ring is 1. The Morgan fingerprint density at radius 1 is 1.30 bits per heavy atom. The van der Waals surface area contributed by atoms with Gasteiger partial charge in [0.15, 0.2) is 6.10 Å². The maximum absolute atomic E-state index is 11.8. The van der Waals surface area contributed by atoms with Gasteiger partial charge in [0.05, 0.1) is 21.3 Å². The third-order valence-electron chi connectivity index (χ3n) is 2.19. The largest absolute Gasteiger partial charge is 0.449 e. The van der Waals surface area contributed by atoms with E-state index in [0.717, 1.165) is 0 Å². The number of amides is 3. The number of hydrogen-bond donors (Lipinski definition) is 3. The Morgan fingerprint density at radius 3 is 2.40 bits per heavy atom. The van der Waals surface area contributed by atoms with E-state index in [9.17, 15) is 14.4 Å². The number of urea groups is 1. The van der Waals surface area contributed by atoms with Gasteiger partial charge >= 0.3 is 12.0 Å². The average Bonchev–Trinajstić information content (AvgIpc) is 2.34. The first kappa shape index (κ1) is 16.1. The Morgan fingerprint density at radius 2 is 1.90 bits per heavy atom. The number of nitrogens with two attached hydrogens (primary N) is 2. The van der Waals surface area contributed by atoms with Crippen molar-refractivity contribution in [3.8, 4) is 0 Å². The second-order valence-electron chi connectivity index (χ2n) is 3.76. The molecular formula is C11H11Cl2N3O4. The smallest absolute Gasteiger partial charge is 0.339 e. The predicted molar refractivity (Wildman–Crippen MR) is 73.5 cm³/mol. The molecule has 20 heavy (non-hydrogen) atoms. The molecule has 3 amide bonds. The molecule has 0 aliphatic rings. The summed E-state index contributed by atoms with van der Waals surface area (Å²) in [7, 11) is 0. The lowest BCUT2D eigenvalue weighted by Gasteiger charge is -2.12. The molecule has 1 atom stereocenters. The topological polar surface area (TPSA) is 125 Å². The standard InChI is InChI=1S/C11H11Cl2N3O4/c1-4(9(17)16-11(15)19)20-10(18)5-2-6(12)8(13)7(14)3-5/h2-4H,14H2,1H3,(H3,15,16,17,19). The zero-order valence-electron chi connectivity index (χ0n) is 10.3. The number of rotatable bonds is 3. The minimum absolute atomic E-state index is 0.0237. The molecule has 0 heterocycles. The molecule has 1 unspecified atom stereocenters. The van der Waals surface area contributed by atoms with Crippen LogP contribution in [0.4, 0.5) is 10.5 Å². The van der Waals surface area contributed by atoms with Crippen LogP contribution in [0.15, 0.2) is 12.1 Å². The van der Waals surface area contributed by atoms with Crippen LogP contribution in [0.25, 0.3) is 0 Å². The number of hydrogen-bond acceptors (Lipinski definition) is 5. The van der Waals surface area contributed by atoms with Crippen molar-refractivity contribution >= 4 is 46.8 Å². The van der Waals surface area contributed by atoms with Gasteiger partial charge in [0, 0.05) is 0 Å². The molecular weight excluding hydrogens is 309 g/mol. The van der Waals surface area contributed by atoms with Gasteiger partial charge < -0.3 is 16.2 Å². The first-order valence-electron chi connectivity index (χ1n) is 5.28. The summed E-state index contributed by atoms with van der Waals surface area (Å²) in [5, 5.41) is 1.97. The maximum Gasteiger partial charge on any atom is 0.339 e. The summed E-state index contributed by atoms with van der Waals surface area (Å²) in [6.07, 6.45) is -1.22. The number of anilines is 1. The molecule has 0 spiro atoms. The average molecular weight is 320 g/mol. The fourth-order valence-corrected chi connectivity index (χ4v) is 1.57. The van der Waals surface area contributed by atoms with Gasteiger partial charge in [-0.05, 0) is 19.1 Å². The fourth-order valence-electron chi connectivity index (χ4n) is 1.23. The van der Waals surface area contributed by atoms with Gasteiger partial charge in [-0.1, -0.05) is 23.2 Å². The number of carbonyl (C=O) groups is 3. The van der Waals surface area contributed by atoms with E-state index in [1.54, 1.807) is 5.32 Å². The molecule has 108 valence electrons. The summed E-state index contributed by atoms with van der Waals surface area (Å²) in [5.41, 5.74) is 10.4. The third kappa shape index (κ3) is 4.01. The molecule has 5 N–H and O–H groups in total. The molecule has 9 heteroatoms. The van der Waals surface area contributed by atoms with Crippen LogP contribution in [0.1, 0.15) is 17.3 Å². The molecule has 0 aromatic heterocycles. The maximum atomic E-state index is 11.8. The second kappa shape index (κ2) is 6.44. The lowest BCUT2D eigenvalue weighted by Crippen LogP contribution is -2.42. The van der Waals surface area contributed by atoms with E-state index in [4.69, 9.17) is 39.4 Å². The van der Waals surface area contributed by atoms with Gasteiger partial charge in [-0.2, -0.15) is 0 Å². The van der Waals surface area contributed by atoms with E-state index < -0.39 is 24.0 Å². The van der Waals surface area contributed by atoms with Gasteiger partial charge in [-0.15, -0.1) is 0 Å². The first-order valence-corrected chi connectivity index (χ1v) is 6.03. The molecule has 1 rings (SSSR count). The van der Waals surface area contributed by atoms with E-state index in [1.165, 1.54) is 19.1 Å². The van der Waals surface area contributed by atoms with Crippen LogP contribution in [-0.4, -0.2) is 24.0 Å². The van der Waals surface area contributed by atoms with Crippen molar-refractivity contribution in [1.82, 2.24) is 5.32 Å². The van der Waals surface area contributed by atoms with E-state index in [2.05, 4.69) is 0 Å².